The van der Waals surface area contributed by atoms with Crippen molar-refractivity contribution in [1.82, 2.24) is 0 Å². The van der Waals surface area contributed by atoms with E-state index >= 15 is 0 Å². The molecule has 0 aromatic carbocycles. The lowest BCUT2D eigenvalue weighted by Gasteiger charge is -2.33. The van der Waals surface area contributed by atoms with Crippen molar-refractivity contribution in [3.63, 3.8) is 0 Å². The van der Waals surface area contributed by atoms with E-state index in [2.05, 4.69) is 92.8 Å². The Morgan fingerprint density at radius 2 is 1.32 bits per heavy atom. The second kappa shape index (κ2) is 9.87. The van der Waals surface area contributed by atoms with Crippen LogP contribution in [0.3, 0.4) is 0 Å². The topological polar surface area (TPSA) is 0 Å². The SMILES string of the molecule is CC[C@H](C)C(C)(C)SCC(C)CSC(C)(C)C[C@@H](C)C(C)C. The molecule has 1 unspecified atom stereocenters. The molecular weight excluding hydrogens is 304 g/mol. The number of hydrogen-bond acceptors (Lipinski definition) is 2. The van der Waals surface area contributed by atoms with E-state index in [-0.39, 0.29) is 0 Å². The Kier molecular flexibility index (Phi) is 10.2. The summed E-state index contributed by atoms with van der Waals surface area (Å²) in [5.41, 5.74) is 0. The molecule has 0 nitrogen and oxygen atoms in total. The van der Waals surface area contributed by atoms with Crippen molar-refractivity contribution < 1.29 is 0 Å². The molecule has 0 saturated heterocycles. The van der Waals surface area contributed by atoms with Crippen LogP contribution in [-0.2, 0) is 0 Å². The van der Waals surface area contributed by atoms with Crippen LogP contribution in [0.4, 0.5) is 0 Å². The molecule has 0 spiro atoms. The smallest absolute Gasteiger partial charge is 0.0129 e. The van der Waals surface area contributed by atoms with E-state index in [1.165, 1.54) is 24.3 Å². The molecule has 0 N–H and O–H groups in total. The zero-order chi connectivity index (χ0) is 17.6. The fourth-order valence-corrected chi connectivity index (χ4v) is 5.14. The second-order valence-electron chi connectivity index (χ2n) is 8.83. The van der Waals surface area contributed by atoms with Gasteiger partial charge in [0.2, 0.25) is 0 Å². The summed E-state index contributed by atoms with van der Waals surface area (Å²) in [6, 6.07) is 0. The summed E-state index contributed by atoms with van der Waals surface area (Å²) in [6.45, 7) is 23.9. The first kappa shape index (κ1) is 22.7. The predicted molar refractivity (Wildman–Crippen MR) is 110 cm³/mol. The highest BCUT2D eigenvalue weighted by atomic mass is 32.2. The van der Waals surface area contributed by atoms with Crippen LogP contribution in [0.15, 0.2) is 0 Å². The number of hydrogen-bond donors (Lipinski definition) is 0. The molecule has 0 bridgehead atoms. The Morgan fingerprint density at radius 1 is 0.818 bits per heavy atom. The predicted octanol–water partition coefficient (Wildman–Crippen LogP) is 7.37. The van der Waals surface area contributed by atoms with Crippen molar-refractivity contribution in [2.75, 3.05) is 11.5 Å². The van der Waals surface area contributed by atoms with E-state index in [0.717, 1.165) is 23.7 Å². The molecule has 134 valence electrons. The summed E-state index contributed by atoms with van der Waals surface area (Å²) in [5, 5.41) is 0. The summed E-state index contributed by atoms with van der Waals surface area (Å²) in [5.74, 6) is 5.79. The first-order valence-corrected chi connectivity index (χ1v) is 11.2. The molecule has 0 aliphatic rings. The van der Waals surface area contributed by atoms with Gasteiger partial charge in [0.15, 0.2) is 0 Å². The lowest BCUT2D eigenvalue weighted by Crippen LogP contribution is -2.27. The Labute approximate surface area is 150 Å². The average molecular weight is 347 g/mol. The molecule has 3 atom stereocenters. The van der Waals surface area contributed by atoms with Crippen LogP contribution < -0.4 is 0 Å². The largest absolute Gasteiger partial charge is 0.155 e. The Bertz CT molecular complexity index is 294. The van der Waals surface area contributed by atoms with Gasteiger partial charge in [-0.15, -0.1) is 0 Å². The highest BCUT2D eigenvalue weighted by Crippen LogP contribution is 2.38. The van der Waals surface area contributed by atoms with Gasteiger partial charge in [-0.25, -0.2) is 0 Å². The monoisotopic (exact) mass is 346 g/mol. The summed E-state index contributed by atoms with van der Waals surface area (Å²) < 4.78 is 0.824. The van der Waals surface area contributed by atoms with Crippen LogP contribution in [0.25, 0.3) is 0 Å². The zero-order valence-electron chi connectivity index (χ0n) is 17.0. The lowest BCUT2D eigenvalue weighted by atomic mass is 9.89. The van der Waals surface area contributed by atoms with Gasteiger partial charge in [0.05, 0.1) is 0 Å². The molecule has 0 rings (SSSR count). The Morgan fingerprint density at radius 3 is 1.77 bits per heavy atom. The lowest BCUT2D eigenvalue weighted by molar-refractivity contribution is 0.360. The standard InChI is InChI=1S/C20H42S2/c1-11-18(6)20(9,10)22-14-16(4)13-21-19(7,8)12-17(5)15(2)3/h15-18H,11-14H2,1-10H3/t16?,17-,18+/m1/s1. The molecular formula is C20H42S2. The normalized spacial score (nSPS) is 17.6. The van der Waals surface area contributed by atoms with Crippen LogP contribution in [-0.4, -0.2) is 21.0 Å². The molecule has 0 aromatic heterocycles. The minimum Gasteiger partial charge on any atom is -0.155 e. The van der Waals surface area contributed by atoms with Gasteiger partial charge < -0.3 is 0 Å². The quantitative estimate of drug-likeness (QED) is 0.383. The van der Waals surface area contributed by atoms with Crippen molar-refractivity contribution >= 4 is 23.5 Å². The maximum atomic E-state index is 2.43. The van der Waals surface area contributed by atoms with Crippen molar-refractivity contribution in [2.24, 2.45) is 23.7 Å². The summed E-state index contributed by atoms with van der Waals surface area (Å²) in [4.78, 5) is 0. The Balaban J connectivity index is 4.20. The average Bonchev–Trinajstić information content (AvgIpc) is 2.41. The van der Waals surface area contributed by atoms with E-state index in [9.17, 15) is 0 Å². The van der Waals surface area contributed by atoms with E-state index in [0.29, 0.717) is 9.49 Å². The third-order valence-electron chi connectivity index (χ3n) is 5.25. The van der Waals surface area contributed by atoms with Gasteiger partial charge in [-0.2, -0.15) is 23.5 Å². The minimum absolute atomic E-state index is 0.412. The van der Waals surface area contributed by atoms with Gasteiger partial charge >= 0.3 is 0 Å². The van der Waals surface area contributed by atoms with Gasteiger partial charge in [-0.1, -0.05) is 75.7 Å². The fourth-order valence-electron chi connectivity index (χ4n) is 2.48. The maximum Gasteiger partial charge on any atom is 0.0129 e. The highest BCUT2D eigenvalue weighted by molar-refractivity contribution is 8.01. The van der Waals surface area contributed by atoms with Crippen LogP contribution in [0.2, 0.25) is 0 Å². The molecule has 0 aliphatic carbocycles. The molecule has 22 heavy (non-hydrogen) atoms. The zero-order valence-corrected chi connectivity index (χ0v) is 18.6. The van der Waals surface area contributed by atoms with Crippen molar-refractivity contribution in [3.8, 4) is 0 Å². The summed E-state index contributed by atoms with van der Waals surface area (Å²) >= 11 is 4.36. The van der Waals surface area contributed by atoms with Crippen LogP contribution >= 0.6 is 23.5 Å². The maximum absolute atomic E-state index is 2.43. The van der Waals surface area contributed by atoms with Gasteiger partial charge in [0.25, 0.3) is 0 Å². The summed E-state index contributed by atoms with van der Waals surface area (Å²) in [7, 11) is 0. The van der Waals surface area contributed by atoms with Crippen molar-refractivity contribution in [2.45, 2.75) is 91.6 Å². The third kappa shape index (κ3) is 9.11. The molecule has 0 radical (unpaired) electrons. The fraction of sp³-hybridized carbons (Fsp3) is 1.00. The van der Waals surface area contributed by atoms with Gasteiger partial charge in [-0.05, 0) is 41.6 Å². The van der Waals surface area contributed by atoms with Gasteiger partial charge in [0, 0.05) is 9.49 Å². The van der Waals surface area contributed by atoms with E-state index in [1.807, 2.05) is 0 Å². The molecule has 0 heterocycles. The molecule has 2 heteroatoms. The third-order valence-corrected chi connectivity index (χ3v) is 8.82. The van der Waals surface area contributed by atoms with E-state index < -0.39 is 0 Å². The molecule has 0 saturated carbocycles. The highest BCUT2D eigenvalue weighted by Gasteiger charge is 2.27. The molecule has 0 fully saturated rings. The van der Waals surface area contributed by atoms with E-state index in [1.54, 1.807) is 0 Å². The molecule has 0 aliphatic heterocycles. The van der Waals surface area contributed by atoms with Gasteiger partial charge in [0.1, 0.15) is 0 Å². The van der Waals surface area contributed by atoms with Crippen LogP contribution in [0.5, 0.6) is 0 Å². The second-order valence-corrected chi connectivity index (χ2v) is 12.2. The number of rotatable bonds is 11. The molecule has 0 amide bonds. The minimum atomic E-state index is 0.412. The first-order valence-electron chi connectivity index (χ1n) is 9.19. The van der Waals surface area contributed by atoms with Gasteiger partial charge in [-0.3, -0.25) is 0 Å². The summed E-state index contributed by atoms with van der Waals surface area (Å²) in [6.07, 6.45) is 2.61. The van der Waals surface area contributed by atoms with Crippen LogP contribution in [0.1, 0.15) is 82.1 Å². The Hall–Kier alpha value is 0.700. The van der Waals surface area contributed by atoms with E-state index in [4.69, 9.17) is 0 Å². The van der Waals surface area contributed by atoms with Crippen molar-refractivity contribution in [3.05, 3.63) is 0 Å². The molecule has 0 aromatic rings. The first-order chi connectivity index (χ1) is 9.91. The number of thioether (sulfide) groups is 2. The van der Waals surface area contributed by atoms with Crippen molar-refractivity contribution in [1.29, 1.82) is 0 Å². The van der Waals surface area contributed by atoms with Crippen LogP contribution in [0, 0.1) is 23.7 Å².